The molecular weight excluding hydrogens is 398 g/mol. The molecule has 7 nitrogen and oxygen atoms in total. The minimum Gasteiger partial charge on any atom is -0.347 e. The molecular formula is C19H20ClN5O2S. The molecule has 146 valence electrons. The highest BCUT2D eigenvalue weighted by molar-refractivity contribution is 7.20. The van der Waals surface area contributed by atoms with E-state index in [1.54, 1.807) is 12.1 Å². The van der Waals surface area contributed by atoms with Gasteiger partial charge in [0.05, 0.1) is 0 Å². The molecule has 0 saturated carbocycles. The van der Waals surface area contributed by atoms with Crippen molar-refractivity contribution in [3.63, 3.8) is 0 Å². The molecule has 1 amide bonds. The van der Waals surface area contributed by atoms with Gasteiger partial charge < -0.3 is 10.2 Å². The molecule has 1 atom stereocenters. The summed E-state index contributed by atoms with van der Waals surface area (Å²) in [4.78, 5) is 31.4. The fourth-order valence-corrected chi connectivity index (χ4v) is 4.40. The van der Waals surface area contributed by atoms with Crippen molar-refractivity contribution in [1.29, 1.82) is 0 Å². The van der Waals surface area contributed by atoms with Gasteiger partial charge in [0.2, 0.25) is 10.1 Å². The molecule has 1 aliphatic rings. The molecule has 3 aromatic rings. The maximum absolute atomic E-state index is 12.7. The van der Waals surface area contributed by atoms with Crippen molar-refractivity contribution in [2.24, 2.45) is 5.92 Å². The van der Waals surface area contributed by atoms with Gasteiger partial charge in [-0.25, -0.2) is 0 Å². The Balaban J connectivity index is 1.59. The summed E-state index contributed by atoms with van der Waals surface area (Å²) >= 11 is 7.22. The number of rotatable bonds is 4. The van der Waals surface area contributed by atoms with Crippen LogP contribution in [0.2, 0.25) is 5.02 Å². The second kappa shape index (κ2) is 7.89. The van der Waals surface area contributed by atoms with E-state index in [4.69, 9.17) is 11.6 Å². The van der Waals surface area contributed by atoms with Crippen molar-refractivity contribution in [2.75, 3.05) is 18.0 Å². The van der Waals surface area contributed by atoms with Gasteiger partial charge in [-0.3, -0.25) is 9.59 Å². The molecule has 1 fully saturated rings. The molecule has 1 saturated heterocycles. The van der Waals surface area contributed by atoms with E-state index in [2.05, 4.69) is 27.2 Å². The van der Waals surface area contributed by atoms with Gasteiger partial charge in [-0.1, -0.05) is 42.0 Å². The smallest absolute Gasteiger partial charge is 0.274 e. The van der Waals surface area contributed by atoms with E-state index in [9.17, 15) is 9.59 Å². The Bertz CT molecular complexity index is 1060. The largest absolute Gasteiger partial charge is 0.347 e. The first-order valence-electron chi connectivity index (χ1n) is 9.18. The van der Waals surface area contributed by atoms with Crippen molar-refractivity contribution >= 4 is 38.9 Å². The van der Waals surface area contributed by atoms with E-state index in [0.717, 1.165) is 30.2 Å². The van der Waals surface area contributed by atoms with Gasteiger partial charge in [-0.2, -0.15) is 9.50 Å². The van der Waals surface area contributed by atoms with Crippen molar-refractivity contribution < 1.29 is 4.79 Å². The number of carbonyl (C=O) groups is 1. The van der Waals surface area contributed by atoms with Crippen LogP contribution in [0.1, 0.15) is 35.8 Å². The van der Waals surface area contributed by atoms with Gasteiger partial charge in [-0.05, 0) is 36.5 Å². The lowest BCUT2D eigenvalue weighted by Crippen LogP contribution is -2.34. The number of amides is 1. The maximum Gasteiger partial charge on any atom is 0.274 e. The quantitative estimate of drug-likeness (QED) is 0.705. The third-order valence-electron chi connectivity index (χ3n) is 4.77. The molecule has 3 heterocycles. The average molecular weight is 418 g/mol. The van der Waals surface area contributed by atoms with Crippen molar-refractivity contribution in [3.05, 3.63) is 57.0 Å². The highest BCUT2D eigenvalue weighted by Crippen LogP contribution is 2.27. The predicted molar refractivity (Wildman–Crippen MR) is 110 cm³/mol. The normalized spacial score (nSPS) is 17.1. The topological polar surface area (TPSA) is 79.6 Å². The van der Waals surface area contributed by atoms with Crippen LogP contribution < -0.4 is 15.8 Å². The molecule has 0 radical (unpaired) electrons. The second-order valence-electron chi connectivity index (χ2n) is 7.06. The number of aromatic nitrogens is 3. The minimum absolute atomic E-state index is 0.191. The van der Waals surface area contributed by atoms with Crippen molar-refractivity contribution in [2.45, 2.75) is 26.3 Å². The first-order chi connectivity index (χ1) is 13.5. The maximum atomic E-state index is 12.7. The number of carbonyl (C=O) groups excluding carboxylic acids is 1. The number of hydrogen-bond acceptors (Lipinski definition) is 6. The number of halogens is 1. The van der Waals surface area contributed by atoms with Crippen LogP contribution in [0.3, 0.4) is 0 Å². The van der Waals surface area contributed by atoms with Gasteiger partial charge in [0.15, 0.2) is 0 Å². The van der Waals surface area contributed by atoms with Crippen LogP contribution in [0.5, 0.6) is 0 Å². The summed E-state index contributed by atoms with van der Waals surface area (Å²) in [6.07, 6.45) is 2.31. The Hall–Kier alpha value is -2.45. The van der Waals surface area contributed by atoms with Crippen molar-refractivity contribution in [1.82, 2.24) is 19.9 Å². The van der Waals surface area contributed by atoms with Crippen LogP contribution in [0, 0.1) is 5.92 Å². The third kappa shape index (κ3) is 4.02. The van der Waals surface area contributed by atoms with E-state index in [0.29, 0.717) is 22.4 Å². The summed E-state index contributed by atoms with van der Waals surface area (Å²) in [6.45, 7) is 4.39. The number of anilines is 1. The van der Waals surface area contributed by atoms with Crippen LogP contribution in [0.25, 0.3) is 4.96 Å². The van der Waals surface area contributed by atoms with Crippen LogP contribution in [-0.2, 0) is 6.54 Å². The number of benzene rings is 1. The molecule has 0 spiro atoms. The molecule has 28 heavy (non-hydrogen) atoms. The van der Waals surface area contributed by atoms with Crippen LogP contribution >= 0.6 is 22.9 Å². The fraction of sp³-hybridized carbons (Fsp3) is 0.368. The lowest BCUT2D eigenvalue weighted by molar-refractivity contribution is 0.0943. The number of nitrogens with one attached hydrogen (secondary N) is 1. The number of nitrogens with zero attached hydrogens (tertiary/aromatic N) is 4. The second-order valence-corrected chi connectivity index (χ2v) is 8.43. The highest BCUT2D eigenvalue weighted by atomic mass is 35.5. The Morgan fingerprint density at radius 2 is 2.14 bits per heavy atom. The van der Waals surface area contributed by atoms with Gasteiger partial charge in [0, 0.05) is 30.7 Å². The lowest BCUT2D eigenvalue weighted by Gasteiger charge is -2.30. The van der Waals surface area contributed by atoms with Crippen LogP contribution in [0.4, 0.5) is 5.13 Å². The first kappa shape index (κ1) is 18.9. The molecule has 9 heteroatoms. The van der Waals surface area contributed by atoms with Gasteiger partial charge in [0.25, 0.3) is 11.5 Å². The Morgan fingerprint density at radius 3 is 2.89 bits per heavy atom. The summed E-state index contributed by atoms with van der Waals surface area (Å²) in [6, 6.07) is 8.45. The van der Waals surface area contributed by atoms with E-state index in [-0.39, 0.29) is 11.6 Å². The zero-order valence-electron chi connectivity index (χ0n) is 15.4. The van der Waals surface area contributed by atoms with Crippen LogP contribution in [-0.4, -0.2) is 33.6 Å². The number of fused-ring (bicyclic) bond motifs is 1. The summed E-state index contributed by atoms with van der Waals surface area (Å²) in [7, 11) is 0. The van der Waals surface area contributed by atoms with E-state index < -0.39 is 5.56 Å². The Morgan fingerprint density at radius 1 is 1.36 bits per heavy atom. The minimum atomic E-state index is -0.446. The zero-order chi connectivity index (χ0) is 19.7. The molecule has 4 rings (SSSR count). The molecule has 1 N–H and O–H groups in total. The molecule has 1 aliphatic heterocycles. The van der Waals surface area contributed by atoms with Crippen molar-refractivity contribution in [3.8, 4) is 0 Å². The summed E-state index contributed by atoms with van der Waals surface area (Å²) in [5, 5.41) is 8.84. The molecule has 2 aromatic heterocycles. The molecule has 1 aromatic carbocycles. The van der Waals surface area contributed by atoms with Crippen LogP contribution in [0.15, 0.2) is 35.1 Å². The van der Waals surface area contributed by atoms with Gasteiger partial charge >= 0.3 is 0 Å². The summed E-state index contributed by atoms with van der Waals surface area (Å²) in [5.74, 6) is 0.226. The van der Waals surface area contributed by atoms with E-state index in [1.165, 1.54) is 28.3 Å². The van der Waals surface area contributed by atoms with E-state index >= 15 is 0 Å². The standard InChI is InChI=1S/C19H20ClN5O2S/c1-12-3-2-8-24(11-12)19-23-25-15(9-16(26)22-18(25)28-19)17(27)21-10-13-4-6-14(20)7-5-13/h4-7,9,12H,2-3,8,10-11H2,1H3,(H,21,27)/t12-/m1/s1. The number of piperidine rings is 1. The lowest BCUT2D eigenvalue weighted by atomic mass is 10.0. The Labute approximate surface area is 171 Å². The average Bonchev–Trinajstić information content (AvgIpc) is 3.10. The van der Waals surface area contributed by atoms with E-state index in [1.807, 2.05) is 12.1 Å². The monoisotopic (exact) mass is 417 g/mol. The summed E-state index contributed by atoms with van der Waals surface area (Å²) < 4.78 is 1.47. The molecule has 0 aliphatic carbocycles. The molecule has 0 unspecified atom stereocenters. The van der Waals surface area contributed by atoms with Gasteiger partial charge in [0.1, 0.15) is 5.69 Å². The third-order valence-corrected chi connectivity index (χ3v) is 5.99. The summed E-state index contributed by atoms with van der Waals surface area (Å²) in [5.41, 5.74) is 0.659. The van der Waals surface area contributed by atoms with Gasteiger partial charge in [-0.15, -0.1) is 5.10 Å². The fourth-order valence-electron chi connectivity index (χ4n) is 3.33. The number of hydrogen-bond donors (Lipinski definition) is 1. The Kier molecular flexibility index (Phi) is 5.32. The first-order valence-corrected chi connectivity index (χ1v) is 10.4. The molecule has 0 bridgehead atoms. The SMILES string of the molecule is C[C@@H]1CCCN(c2nn3c(C(=O)NCc4ccc(Cl)cc4)cc(=O)nc3s2)C1. The predicted octanol–water partition coefficient (Wildman–Crippen LogP) is 2.97. The zero-order valence-corrected chi connectivity index (χ0v) is 17.0. The highest BCUT2D eigenvalue weighted by Gasteiger charge is 2.22.